The Balaban J connectivity index is 1.82. The molecule has 0 radical (unpaired) electrons. The molecule has 1 fully saturated rings. The molecule has 1 saturated carbocycles. The summed E-state index contributed by atoms with van der Waals surface area (Å²) in [6.07, 6.45) is 6.28. The van der Waals surface area contributed by atoms with Crippen LogP contribution in [0.4, 0.5) is 0 Å². The molecule has 1 atom stereocenters. The topological polar surface area (TPSA) is 42.1 Å². The second-order valence-electron chi connectivity index (χ2n) is 5.42. The molecule has 2 aromatic rings. The maximum atomic E-state index is 6.06. The van der Waals surface area contributed by atoms with Crippen LogP contribution in [0.2, 0.25) is 0 Å². The lowest BCUT2D eigenvalue weighted by molar-refractivity contribution is 0.182. The van der Waals surface area contributed by atoms with E-state index in [2.05, 4.69) is 52.3 Å². The number of aromatic nitrogens is 1. The van der Waals surface area contributed by atoms with Crippen molar-refractivity contribution in [3.63, 3.8) is 0 Å². The van der Waals surface area contributed by atoms with Crippen LogP contribution in [0.15, 0.2) is 54.9 Å². The highest BCUT2D eigenvalue weighted by atomic mass is 15.2. The Bertz CT molecular complexity index is 522. The van der Waals surface area contributed by atoms with E-state index < -0.39 is 0 Å². The first-order chi connectivity index (χ1) is 9.88. The minimum Gasteiger partial charge on any atom is -0.329 e. The number of nitrogens with zero attached hydrogens (tertiary/aromatic N) is 2. The summed E-state index contributed by atoms with van der Waals surface area (Å²) in [5, 5.41) is 0. The predicted molar refractivity (Wildman–Crippen MR) is 81.0 cm³/mol. The Morgan fingerprint density at radius 1 is 1.10 bits per heavy atom. The monoisotopic (exact) mass is 267 g/mol. The molecule has 2 N–H and O–H groups in total. The fourth-order valence-electron chi connectivity index (χ4n) is 2.74. The number of benzene rings is 1. The molecule has 104 valence electrons. The lowest BCUT2D eigenvalue weighted by Gasteiger charge is -2.31. The maximum absolute atomic E-state index is 6.06. The number of pyridine rings is 1. The zero-order valence-corrected chi connectivity index (χ0v) is 11.7. The van der Waals surface area contributed by atoms with E-state index in [0.29, 0.717) is 12.6 Å². The third kappa shape index (κ3) is 3.06. The average Bonchev–Trinajstić information content (AvgIpc) is 3.34. The molecule has 0 amide bonds. The maximum Gasteiger partial charge on any atom is 0.0478 e. The standard InChI is InChI=1S/C17H21N3/c18-12-17(15-8-10-19-11-9-15)20(16-6-7-16)13-14-4-2-1-3-5-14/h1-5,8-11,16-17H,6-7,12-13,18H2. The molecule has 0 aliphatic heterocycles. The summed E-state index contributed by atoms with van der Waals surface area (Å²) >= 11 is 0. The van der Waals surface area contributed by atoms with E-state index >= 15 is 0 Å². The Morgan fingerprint density at radius 3 is 2.40 bits per heavy atom. The van der Waals surface area contributed by atoms with E-state index in [1.54, 1.807) is 0 Å². The second-order valence-corrected chi connectivity index (χ2v) is 5.42. The molecule has 1 aromatic heterocycles. The predicted octanol–water partition coefficient (Wildman–Crippen LogP) is 2.75. The van der Waals surface area contributed by atoms with Crippen LogP contribution in [0.25, 0.3) is 0 Å². The van der Waals surface area contributed by atoms with Crippen molar-refractivity contribution in [1.29, 1.82) is 0 Å². The van der Waals surface area contributed by atoms with Crippen molar-refractivity contribution in [2.75, 3.05) is 6.54 Å². The summed E-state index contributed by atoms with van der Waals surface area (Å²) < 4.78 is 0. The van der Waals surface area contributed by atoms with Crippen LogP contribution in [0.3, 0.4) is 0 Å². The SMILES string of the molecule is NCC(c1ccncc1)N(Cc1ccccc1)C1CC1. The molecule has 1 heterocycles. The zero-order valence-electron chi connectivity index (χ0n) is 11.7. The normalized spacial score (nSPS) is 16.3. The van der Waals surface area contributed by atoms with Gasteiger partial charge in [0.2, 0.25) is 0 Å². The van der Waals surface area contributed by atoms with Crippen LogP contribution in [-0.4, -0.2) is 22.5 Å². The molecule has 1 aliphatic carbocycles. The third-order valence-corrected chi connectivity index (χ3v) is 3.94. The minimum atomic E-state index is 0.283. The van der Waals surface area contributed by atoms with Gasteiger partial charge >= 0.3 is 0 Å². The van der Waals surface area contributed by atoms with Crippen LogP contribution in [0.5, 0.6) is 0 Å². The molecule has 3 nitrogen and oxygen atoms in total. The van der Waals surface area contributed by atoms with Crippen molar-refractivity contribution in [2.24, 2.45) is 5.73 Å². The molecule has 20 heavy (non-hydrogen) atoms. The molecule has 1 aromatic carbocycles. The zero-order chi connectivity index (χ0) is 13.8. The average molecular weight is 267 g/mol. The van der Waals surface area contributed by atoms with Gasteiger partial charge in [-0.15, -0.1) is 0 Å². The number of rotatable bonds is 6. The van der Waals surface area contributed by atoms with Crippen molar-refractivity contribution in [1.82, 2.24) is 9.88 Å². The molecular formula is C17H21N3. The Morgan fingerprint density at radius 2 is 1.80 bits per heavy atom. The van der Waals surface area contributed by atoms with Crippen LogP contribution in [0, 0.1) is 0 Å². The molecule has 1 aliphatic rings. The fraction of sp³-hybridized carbons (Fsp3) is 0.353. The van der Waals surface area contributed by atoms with Gasteiger partial charge in [0.1, 0.15) is 0 Å². The van der Waals surface area contributed by atoms with Gasteiger partial charge < -0.3 is 5.73 Å². The summed E-state index contributed by atoms with van der Waals surface area (Å²) in [4.78, 5) is 6.65. The third-order valence-electron chi connectivity index (χ3n) is 3.94. The van der Waals surface area contributed by atoms with Crippen LogP contribution in [-0.2, 0) is 6.54 Å². The Hall–Kier alpha value is -1.71. The molecule has 0 bridgehead atoms. The lowest BCUT2D eigenvalue weighted by Crippen LogP contribution is -2.35. The van der Waals surface area contributed by atoms with E-state index in [-0.39, 0.29) is 6.04 Å². The van der Waals surface area contributed by atoms with Gasteiger partial charge in [0.15, 0.2) is 0 Å². The lowest BCUT2D eigenvalue weighted by atomic mass is 10.1. The summed E-state index contributed by atoms with van der Waals surface area (Å²) in [7, 11) is 0. The van der Waals surface area contributed by atoms with Gasteiger partial charge in [0, 0.05) is 37.6 Å². The van der Waals surface area contributed by atoms with Gasteiger partial charge in [0.25, 0.3) is 0 Å². The van der Waals surface area contributed by atoms with Gasteiger partial charge in [-0.25, -0.2) is 0 Å². The van der Waals surface area contributed by atoms with Gasteiger partial charge in [-0.3, -0.25) is 9.88 Å². The van der Waals surface area contributed by atoms with Gasteiger partial charge in [0.05, 0.1) is 0 Å². The fourth-order valence-corrected chi connectivity index (χ4v) is 2.74. The van der Waals surface area contributed by atoms with Gasteiger partial charge in [-0.05, 0) is 36.1 Å². The molecule has 3 heteroatoms. The molecule has 3 rings (SSSR count). The summed E-state index contributed by atoms with van der Waals surface area (Å²) in [5.41, 5.74) is 8.69. The quantitative estimate of drug-likeness (QED) is 0.875. The first kappa shape index (κ1) is 13.3. The van der Waals surface area contributed by atoms with E-state index in [1.165, 1.54) is 24.0 Å². The summed E-state index contributed by atoms with van der Waals surface area (Å²) in [6.45, 7) is 1.61. The first-order valence-corrected chi connectivity index (χ1v) is 7.28. The molecule has 1 unspecified atom stereocenters. The number of hydrogen-bond acceptors (Lipinski definition) is 3. The highest BCUT2D eigenvalue weighted by Crippen LogP contribution is 2.35. The Kier molecular flexibility index (Phi) is 4.09. The number of nitrogens with two attached hydrogens (primary N) is 1. The highest BCUT2D eigenvalue weighted by Gasteiger charge is 2.33. The van der Waals surface area contributed by atoms with E-state index in [0.717, 1.165) is 6.54 Å². The smallest absolute Gasteiger partial charge is 0.0478 e. The highest BCUT2D eigenvalue weighted by molar-refractivity contribution is 5.19. The summed E-state index contributed by atoms with van der Waals surface area (Å²) in [6, 6.07) is 15.8. The Labute approximate surface area is 120 Å². The number of hydrogen-bond donors (Lipinski definition) is 1. The van der Waals surface area contributed by atoms with E-state index in [4.69, 9.17) is 5.73 Å². The minimum absolute atomic E-state index is 0.283. The van der Waals surface area contributed by atoms with Crippen molar-refractivity contribution < 1.29 is 0 Å². The van der Waals surface area contributed by atoms with Gasteiger partial charge in [-0.1, -0.05) is 30.3 Å². The second kappa shape index (κ2) is 6.16. The van der Waals surface area contributed by atoms with Crippen molar-refractivity contribution in [2.45, 2.75) is 31.5 Å². The van der Waals surface area contributed by atoms with Crippen molar-refractivity contribution in [3.05, 3.63) is 66.0 Å². The van der Waals surface area contributed by atoms with Gasteiger partial charge in [-0.2, -0.15) is 0 Å². The van der Waals surface area contributed by atoms with Crippen LogP contribution < -0.4 is 5.73 Å². The summed E-state index contributed by atoms with van der Waals surface area (Å²) in [5.74, 6) is 0. The van der Waals surface area contributed by atoms with Crippen molar-refractivity contribution in [3.8, 4) is 0 Å². The molecule has 0 spiro atoms. The van der Waals surface area contributed by atoms with Crippen molar-refractivity contribution >= 4 is 0 Å². The van der Waals surface area contributed by atoms with E-state index in [9.17, 15) is 0 Å². The molecule has 0 saturated heterocycles. The van der Waals surface area contributed by atoms with Crippen LogP contribution >= 0.6 is 0 Å². The van der Waals surface area contributed by atoms with E-state index in [1.807, 2.05) is 12.4 Å². The largest absolute Gasteiger partial charge is 0.329 e. The van der Waals surface area contributed by atoms with Crippen LogP contribution in [0.1, 0.15) is 30.0 Å². The molecular weight excluding hydrogens is 246 g/mol. The first-order valence-electron chi connectivity index (χ1n) is 7.28.